The molecule has 0 aliphatic carbocycles. The maximum Gasteiger partial charge on any atom is 0.258 e. The number of benzene rings is 1. The van der Waals surface area contributed by atoms with E-state index in [9.17, 15) is 4.79 Å². The molecule has 1 amide bonds. The van der Waals surface area contributed by atoms with E-state index in [4.69, 9.17) is 22.5 Å². The SMILES string of the molecule is NC(=NO)c1cn[nH]c1NC(=O)c1ccc(Br)cc1Cl. The van der Waals surface area contributed by atoms with Crippen molar-refractivity contribution in [3.63, 3.8) is 0 Å². The van der Waals surface area contributed by atoms with E-state index in [1.165, 1.54) is 6.20 Å². The molecule has 0 saturated carbocycles. The Bertz CT molecular complexity index is 685. The van der Waals surface area contributed by atoms with Crippen molar-refractivity contribution in [1.29, 1.82) is 0 Å². The quantitative estimate of drug-likeness (QED) is 0.291. The Morgan fingerprint density at radius 3 is 2.90 bits per heavy atom. The van der Waals surface area contributed by atoms with Gasteiger partial charge in [-0.05, 0) is 18.2 Å². The summed E-state index contributed by atoms with van der Waals surface area (Å²) in [6, 6.07) is 4.87. The van der Waals surface area contributed by atoms with Gasteiger partial charge in [-0.15, -0.1) is 0 Å². The van der Waals surface area contributed by atoms with Crippen LogP contribution in [0.25, 0.3) is 0 Å². The van der Waals surface area contributed by atoms with Crippen molar-refractivity contribution in [3.05, 3.63) is 45.0 Å². The maximum absolute atomic E-state index is 12.1. The van der Waals surface area contributed by atoms with Gasteiger partial charge in [0.1, 0.15) is 5.82 Å². The molecule has 0 saturated heterocycles. The topological polar surface area (TPSA) is 116 Å². The van der Waals surface area contributed by atoms with Crippen molar-refractivity contribution in [1.82, 2.24) is 10.2 Å². The third kappa shape index (κ3) is 2.91. The Kier molecular flexibility index (Phi) is 4.26. The number of amidine groups is 1. The number of hydrogen-bond donors (Lipinski definition) is 4. The summed E-state index contributed by atoms with van der Waals surface area (Å²) in [6.07, 6.45) is 1.33. The second kappa shape index (κ2) is 5.93. The van der Waals surface area contributed by atoms with Crippen LogP contribution in [-0.4, -0.2) is 27.1 Å². The molecule has 1 aromatic carbocycles. The number of nitrogens with two attached hydrogens (primary N) is 1. The number of H-pyrrole nitrogens is 1. The van der Waals surface area contributed by atoms with E-state index < -0.39 is 5.91 Å². The van der Waals surface area contributed by atoms with Gasteiger partial charge < -0.3 is 16.3 Å². The Hall–Kier alpha value is -2.06. The van der Waals surface area contributed by atoms with Crippen LogP contribution >= 0.6 is 27.5 Å². The summed E-state index contributed by atoms with van der Waals surface area (Å²) in [6.45, 7) is 0. The zero-order chi connectivity index (χ0) is 14.7. The van der Waals surface area contributed by atoms with Gasteiger partial charge in [0.2, 0.25) is 0 Å². The molecule has 0 atom stereocenters. The largest absolute Gasteiger partial charge is 0.409 e. The fraction of sp³-hybridized carbons (Fsp3) is 0. The third-order valence-corrected chi connectivity index (χ3v) is 3.24. The fourth-order valence-corrected chi connectivity index (χ4v) is 2.24. The fourth-order valence-electron chi connectivity index (χ4n) is 1.48. The molecule has 2 aromatic rings. The molecule has 0 fully saturated rings. The molecule has 20 heavy (non-hydrogen) atoms. The number of carbonyl (C=O) groups excluding carboxylic acids is 1. The number of oxime groups is 1. The van der Waals surface area contributed by atoms with Crippen LogP contribution < -0.4 is 11.1 Å². The van der Waals surface area contributed by atoms with Gasteiger partial charge in [0.25, 0.3) is 5.91 Å². The van der Waals surface area contributed by atoms with Gasteiger partial charge in [0, 0.05) is 4.47 Å². The molecule has 104 valence electrons. The highest BCUT2D eigenvalue weighted by molar-refractivity contribution is 9.10. The van der Waals surface area contributed by atoms with Crippen molar-refractivity contribution < 1.29 is 10.0 Å². The van der Waals surface area contributed by atoms with Crippen LogP contribution in [-0.2, 0) is 0 Å². The summed E-state index contributed by atoms with van der Waals surface area (Å²) in [5.41, 5.74) is 6.02. The summed E-state index contributed by atoms with van der Waals surface area (Å²) < 4.78 is 0.762. The molecular weight excluding hydrogens is 350 g/mol. The van der Waals surface area contributed by atoms with Crippen LogP contribution in [0.4, 0.5) is 5.82 Å². The molecular formula is C11H9BrClN5O2. The number of nitrogens with one attached hydrogen (secondary N) is 2. The monoisotopic (exact) mass is 357 g/mol. The number of rotatable bonds is 3. The normalized spacial score (nSPS) is 11.4. The average Bonchev–Trinajstić information content (AvgIpc) is 2.85. The molecule has 0 bridgehead atoms. The molecule has 0 spiro atoms. The summed E-state index contributed by atoms with van der Waals surface area (Å²) in [5.74, 6) is -0.404. The van der Waals surface area contributed by atoms with E-state index >= 15 is 0 Å². The number of carbonyl (C=O) groups is 1. The number of hydrogen-bond acceptors (Lipinski definition) is 4. The van der Waals surface area contributed by atoms with E-state index in [1.54, 1.807) is 18.2 Å². The van der Waals surface area contributed by atoms with Gasteiger partial charge in [-0.1, -0.05) is 32.7 Å². The molecule has 0 radical (unpaired) electrons. The Balaban J connectivity index is 2.26. The standard InChI is InChI=1S/C11H9BrClN5O2/c12-5-1-2-6(8(13)3-5)11(19)16-10-7(4-15-17-10)9(14)18-20/h1-4,20H,(H2,14,18)(H2,15,16,17,19). The molecule has 1 aromatic heterocycles. The van der Waals surface area contributed by atoms with E-state index in [0.29, 0.717) is 5.02 Å². The minimum Gasteiger partial charge on any atom is -0.409 e. The third-order valence-electron chi connectivity index (χ3n) is 2.44. The molecule has 0 unspecified atom stereocenters. The highest BCUT2D eigenvalue weighted by Gasteiger charge is 2.15. The van der Waals surface area contributed by atoms with Gasteiger partial charge >= 0.3 is 0 Å². The van der Waals surface area contributed by atoms with Crippen molar-refractivity contribution >= 4 is 45.1 Å². The second-order valence-corrected chi connectivity index (χ2v) is 5.05. The summed E-state index contributed by atoms with van der Waals surface area (Å²) in [5, 5.41) is 20.6. The van der Waals surface area contributed by atoms with Crippen LogP contribution in [0.3, 0.4) is 0 Å². The first-order chi connectivity index (χ1) is 9.52. The maximum atomic E-state index is 12.1. The van der Waals surface area contributed by atoms with Gasteiger partial charge in [0.15, 0.2) is 5.84 Å². The van der Waals surface area contributed by atoms with Crippen molar-refractivity contribution in [3.8, 4) is 0 Å². The molecule has 0 aliphatic heterocycles. The van der Waals surface area contributed by atoms with E-state index in [1.807, 2.05) is 0 Å². The number of nitrogens with zero attached hydrogens (tertiary/aromatic N) is 2. The number of amides is 1. The van der Waals surface area contributed by atoms with Crippen molar-refractivity contribution in [2.45, 2.75) is 0 Å². The molecule has 9 heteroatoms. The Labute approximate surface area is 126 Å². The second-order valence-electron chi connectivity index (χ2n) is 3.72. The van der Waals surface area contributed by atoms with Gasteiger partial charge in [0.05, 0.1) is 22.3 Å². The van der Waals surface area contributed by atoms with Crippen LogP contribution in [0, 0.1) is 0 Å². The number of aromatic nitrogens is 2. The predicted octanol–water partition coefficient (Wildman–Crippen LogP) is 2.17. The van der Waals surface area contributed by atoms with E-state index in [2.05, 4.69) is 36.6 Å². The average molecular weight is 359 g/mol. The van der Waals surface area contributed by atoms with Crippen molar-refractivity contribution in [2.24, 2.45) is 10.9 Å². The molecule has 2 rings (SSSR count). The molecule has 7 nitrogen and oxygen atoms in total. The first-order valence-electron chi connectivity index (χ1n) is 5.30. The molecule has 1 heterocycles. The lowest BCUT2D eigenvalue weighted by Crippen LogP contribution is -2.18. The zero-order valence-corrected chi connectivity index (χ0v) is 12.2. The Morgan fingerprint density at radius 2 is 2.25 bits per heavy atom. The lowest BCUT2D eigenvalue weighted by Gasteiger charge is -2.06. The summed E-state index contributed by atoms with van der Waals surface area (Å²) >= 11 is 9.24. The molecule has 0 aliphatic rings. The highest BCUT2D eigenvalue weighted by Crippen LogP contribution is 2.22. The Morgan fingerprint density at radius 1 is 1.50 bits per heavy atom. The van der Waals surface area contributed by atoms with Crippen LogP contribution in [0.15, 0.2) is 34.0 Å². The first-order valence-corrected chi connectivity index (χ1v) is 6.47. The van der Waals surface area contributed by atoms with Gasteiger partial charge in [-0.25, -0.2) is 0 Å². The van der Waals surface area contributed by atoms with Gasteiger partial charge in [-0.3, -0.25) is 9.89 Å². The first kappa shape index (κ1) is 14.4. The lowest BCUT2D eigenvalue weighted by atomic mass is 10.2. The minimum atomic E-state index is -0.446. The smallest absolute Gasteiger partial charge is 0.258 e. The zero-order valence-electron chi connectivity index (χ0n) is 9.89. The van der Waals surface area contributed by atoms with Crippen LogP contribution in [0.5, 0.6) is 0 Å². The number of anilines is 1. The number of aromatic amines is 1. The van der Waals surface area contributed by atoms with Crippen LogP contribution in [0.1, 0.15) is 15.9 Å². The minimum absolute atomic E-state index is 0.170. The van der Waals surface area contributed by atoms with Crippen molar-refractivity contribution in [2.75, 3.05) is 5.32 Å². The van der Waals surface area contributed by atoms with Gasteiger partial charge in [-0.2, -0.15) is 5.10 Å². The highest BCUT2D eigenvalue weighted by atomic mass is 79.9. The number of halogens is 2. The molecule has 5 N–H and O–H groups in total. The lowest BCUT2D eigenvalue weighted by molar-refractivity contribution is 0.102. The summed E-state index contributed by atoms with van der Waals surface area (Å²) in [7, 11) is 0. The predicted molar refractivity (Wildman–Crippen MR) is 78.2 cm³/mol. The van der Waals surface area contributed by atoms with E-state index in [0.717, 1.165) is 4.47 Å². The van der Waals surface area contributed by atoms with Crippen LogP contribution in [0.2, 0.25) is 5.02 Å². The van der Waals surface area contributed by atoms with E-state index in [-0.39, 0.29) is 22.8 Å². The summed E-state index contributed by atoms with van der Waals surface area (Å²) in [4.78, 5) is 12.1.